The fourth-order valence-electron chi connectivity index (χ4n) is 7.77. The van der Waals surface area contributed by atoms with Crippen molar-refractivity contribution in [2.45, 2.75) is 57.2 Å². The minimum atomic E-state index is -3.06. The lowest BCUT2D eigenvalue weighted by Gasteiger charge is -2.30. The Morgan fingerprint density at radius 2 is 1.53 bits per heavy atom. The van der Waals surface area contributed by atoms with Crippen LogP contribution in [0.1, 0.15) is 71.9 Å². The molecular weight excluding hydrogens is 585 g/mol. The number of nitrogens with zero attached hydrogens (tertiary/aromatic N) is 2. The van der Waals surface area contributed by atoms with E-state index in [2.05, 4.69) is 36.2 Å². The molecule has 1 N–H and O–H groups in total. The third-order valence-electron chi connectivity index (χ3n) is 9.67. The number of para-hydroxylation sites is 1. The number of unbranched alkanes of at least 4 members (excludes halogenated alkanes) is 1. The van der Waals surface area contributed by atoms with E-state index in [0.717, 1.165) is 17.7 Å². The number of fused-ring (bicyclic) bond motifs is 2. The molecule has 5 unspecified atom stereocenters. The van der Waals surface area contributed by atoms with E-state index >= 15 is 0 Å². The minimum absolute atomic E-state index is 0.00813. The molecule has 3 aliphatic rings. The zero-order chi connectivity index (χ0) is 31.8. The zero-order valence-electron chi connectivity index (χ0n) is 26.2. The molecule has 236 valence electrons. The van der Waals surface area contributed by atoms with Gasteiger partial charge in [-0.05, 0) is 67.3 Å². The molecule has 6 rings (SSSR count). The number of piperidine rings is 1. The van der Waals surface area contributed by atoms with Crippen LogP contribution in [0.3, 0.4) is 0 Å². The molecule has 3 heterocycles. The summed E-state index contributed by atoms with van der Waals surface area (Å²) in [5.41, 5.74) is 2.11. The lowest BCUT2D eigenvalue weighted by molar-refractivity contribution is -0.120. The second-order valence-electron chi connectivity index (χ2n) is 13.0. The number of carbonyl (C=O) groups is 3. The standard InChI is InChI=1S/C36H42N3O5P/c1-25(2)23-36(35(42)37-28-16-8-5-9-17-28)32-27(22-31(39(32)36)26-14-6-4-7-15-26)24-45(43,44-3)21-13-12-20-38-33(40)29-18-10-11-19-30(29)34(38)41/h4-11,14-19,25,27,31-32H,12-13,20-24H2,1-3H3,(H,37,42)/t27?,31?,32?,36-,39?,45?/m1/s1. The Labute approximate surface area is 265 Å². The first kappa shape index (κ1) is 31.4. The van der Waals surface area contributed by atoms with Crippen LogP contribution in [0.4, 0.5) is 5.69 Å². The van der Waals surface area contributed by atoms with Crippen LogP contribution in [-0.2, 0) is 13.9 Å². The normalized spacial score (nSPS) is 26.4. The van der Waals surface area contributed by atoms with Crippen LogP contribution < -0.4 is 5.32 Å². The Balaban J connectivity index is 1.17. The second-order valence-corrected chi connectivity index (χ2v) is 15.8. The van der Waals surface area contributed by atoms with E-state index in [4.69, 9.17) is 4.52 Å². The highest BCUT2D eigenvalue weighted by molar-refractivity contribution is 7.58. The molecule has 9 heteroatoms. The highest BCUT2D eigenvalue weighted by Gasteiger charge is 2.75. The number of rotatable bonds is 13. The quantitative estimate of drug-likeness (QED) is 0.0964. The molecule has 0 spiro atoms. The van der Waals surface area contributed by atoms with E-state index in [1.807, 2.05) is 48.5 Å². The van der Waals surface area contributed by atoms with Crippen LogP contribution in [0.15, 0.2) is 84.9 Å². The molecule has 0 saturated carbocycles. The number of anilines is 1. The summed E-state index contributed by atoms with van der Waals surface area (Å²) in [6.45, 7) is 4.57. The summed E-state index contributed by atoms with van der Waals surface area (Å²) in [7, 11) is -1.55. The van der Waals surface area contributed by atoms with Gasteiger partial charge in [-0.1, -0.05) is 74.5 Å². The van der Waals surface area contributed by atoms with E-state index in [9.17, 15) is 18.9 Å². The van der Waals surface area contributed by atoms with Crippen molar-refractivity contribution in [3.05, 3.63) is 102 Å². The van der Waals surface area contributed by atoms with Crippen LogP contribution in [0, 0.1) is 11.8 Å². The second kappa shape index (κ2) is 12.7. The van der Waals surface area contributed by atoms with Crippen molar-refractivity contribution in [3.8, 4) is 0 Å². The Hall–Kier alpha value is -3.58. The predicted octanol–water partition coefficient (Wildman–Crippen LogP) is 6.86. The van der Waals surface area contributed by atoms with Crippen molar-refractivity contribution in [2.24, 2.45) is 11.8 Å². The van der Waals surface area contributed by atoms with Gasteiger partial charge in [0.15, 0.2) is 0 Å². The lowest BCUT2D eigenvalue weighted by atomic mass is 9.83. The van der Waals surface area contributed by atoms with Gasteiger partial charge in [-0.3, -0.25) is 28.7 Å². The maximum absolute atomic E-state index is 14.3. The molecule has 0 aliphatic carbocycles. The molecule has 0 radical (unpaired) electrons. The molecule has 45 heavy (non-hydrogen) atoms. The molecule has 0 aromatic heterocycles. The maximum atomic E-state index is 14.3. The smallest absolute Gasteiger partial charge is 0.261 e. The number of hydrogen-bond donors (Lipinski definition) is 1. The summed E-state index contributed by atoms with van der Waals surface area (Å²) >= 11 is 0. The Bertz CT molecular complexity index is 1580. The molecule has 3 aliphatic heterocycles. The van der Waals surface area contributed by atoms with Gasteiger partial charge in [0.25, 0.3) is 11.8 Å². The average molecular weight is 628 g/mol. The monoisotopic (exact) mass is 627 g/mol. The van der Waals surface area contributed by atoms with Gasteiger partial charge >= 0.3 is 0 Å². The van der Waals surface area contributed by atoms with Crippen molar-refractivity contribution < 1.29 is 23.5 Å². The summed E-state index contributed by atoms with van der Waals surface area (Å²) in [6, 6.07) is 26.7. The summed E-state index contributed by atoms with van der Waals surface area (Å²) in [4.78, 5) is 43.4. The molecule has 6 atom stereocenters. The molecule has 3 aromatic carbocycles. The molecule has 8 nitrogen and oxygen atoms in total. The van der Waals surface area contributed by atoms with Crippen LogP contribution >= 0.6 is 7.37 Å². The number of imide groups is 1. The van der Waals surface area contributed by atoms with Gasteiger partial charge in [-0.25, -0.2) is 0 Å². The Kier molecular flexibility index (Phi) is 8.84. The van der Waals surface area contributed by atoms with Gasteiger partial charge in [0.1, 0.15) is 5.54 Å². The number of carbonyl (C=O) groups excluding carboxylic acids is 3. The summed E-state index contributed by atoms with van der Waals surface area (Å²) in [6.07, 6.45) is 3.36. The number of hydrogen-bond acceptors (Lipinski definition) is 6. The highest BCUT2D eigenvalue weighted by atomic mass is 31.2. The van der Waals surface area contributed by atoms with Crippen molar-refractivity contribution >= 4 is 30.8 Å². The first-order chi connectivity index (χ1) is 21.7. The van der Waals surface area contributed by atoms with Crippen molar-refractivity contribution in [1.82, 2.24) is 9.80 Å². The van der Waals surface area contributed by atoms with Crippen molar-refractivity contribution in [1.29, 1.82) is 0 Å². The Morgan fingerprint density at radius 3 is 2.13 bits per heavy atom. The highest BCUT2D eigenvalue weighted by Crippen LogP contribution is 2.65. The summed E-state index contributed by atoms with van der Waals surface area (Å²) in [5.74, 6) is -0.255. The molecule has 2 fully saturated rings. The van der Waals surface area contributed by atoms with Crippen LogP contribution in [0.2, 0.25) is 0 Å². The van der Waals surface area contributed by atoms with E-state index in [1.54, 1.807) is 24.3 Å². The number of amides is 3. The van der Waals surface area contributed by atoms with Gasteiger partial charge < -0.3 is 9.84 Å². The SMILES string of the molecule is COP(=O)(CCCCN1C(=O)c2ccccc2C1=O)CC1CC(c2ccccc2)N2C1[C@]2(CC(C)C)C(=O)Nc1ccccc1. The molecule has 2 saturated heterocycles. The third kappa shape index (κ3) is 5.92. The first-order valence-electron chi connectivity index (χ1n) is 16.0. The van der Waals surface area contributed by atoms with Crippen molar-refractivity contribution in [3.63, 3.8) is 0 Å². The number of benzene rings is 3. The van der Waals surface area contributed by atoms with E-state index in [0.29, 0.717) is 42.7 Å². The topological polar surface area (TPSA) is 95.8 Å². The predicted molar refractivity (Wildman–Crippen MR) is 176 cm³/mol. The Morgan fingerprint density at radius 1 is 0.933 bits per heavy atom. The zero-order valence-corrected chi connectivity index (χ0v) is 27.1. The minimum Gasteiger partial charge on any atom is -0.332 e. The summed E-state index contributed by atoms with van der Waals surface area (Å²) < 4.78 is 20.0. The number of nitrogens with one attached hydrogen (secondary N) is 1. The van der Waals surface area contributed by atoms with Crippen LogP contribution in [-0.4, -0.2) is 65.1 Å². The van der Waals surface area contributed by atoms with Gasteiger partial charge in [0.2, 0.25) is 13.3 Å². The van der Waals surface area contributed by atoms with Gasteiger partial charge in [0.05, 0.1) is 11.1 Å². The fraction of sp³-hybridized carbons (Fsp3) is 0.417. The maximum Gasteiger partial charge on any atom is 0.261 e. The van der Waals surface area contributed by atoms with Crippen LogP contribution in [0.25, 0.3) is 0 Å². The van der Waals surface area contributed by atoms with Gasteiger partial charge in [-0.2, -0.15) is 0 Å². The van der Waals surface area contributed by atoms with E-state index in [1.165, 1.54) is 12.0 Å². The van der Waals surface area contributed by atoms with Crippen LogP contribution in [0.5, 0.6) is 0 Å². The average Bonchev–Trinajstić information content (AvgIpc) is 3.43. The molecular formula is C36H42N3O5P. The first-order valence-corrected chi connectivity index (χ1v) is 18.0. The third-order valence-corrected chi connectivity index (χ3v) is 12.4. The molecule has 3 amide bonds. The molecule has 3 aromatic rings. The lowest BCUT2D eigenvalue weighted by Crippen LogP contribution is -2.41. The van der Waals surface area contributed by atoms with Gasteiger partial charge in [0, 0.05) is 43.7 Å². The van der Waals surface area contributed by atoms with E-state index < -0.39 is 12.9 Å². The summed E-state index contributed by atoms with van der Waals surface area (Å²) in [5, 5.41) is 3.19. The van der Waals surface area contributed by atoms with E-state index in [-0.39, 0.29) is 48.2 Å². The van der Waals surface area contributed by atoms with Crippen molar-refractivity contribution in [2.75, 3.05) is 31.3 Å². The molecule has 0 bridgehead atoms. The largest absolute Gasteiger partial charge is 0.332 e. The fourth-order valence-corrected chi connectivity index (χ4v) is 10.1. The van der Waals surface area contributed by atoms with Gasteiger partial charge in [-0.15, -0.1) is 0 Å².